The summed E-state index contributed by atoms with van der Waals surface area (Å²) in [5.41, 5.74) is 1.64. The van der Waals surface area contributed by atoms with Crippen LogP contribution in [0.4, 0.5) is 4.79 Å². The van der Waals surface area contributed by atoms with Crippen molar-refractivity contribution in [2.24, 2.45) is 0 Å². The van der Waals surface area contributed by atoms with Crippen LogP contribution in [-0.4, -0.2) is 56.7 Å². The van der Waals surface area contributed by atoms with E-state index in [1.807, 2.05) is 0 Å². The molecule has 4 rings (SSSR count). The van der Waals surface area contributed by atoms with Gasteiger partial charge in [0.25, 0.3) is 0 Å². The molecular formula is C29H30N4O8S. The van der Waals surface area contributed by atoms with Crippen molar-refractivity contribution in [3.8, 4) is 0 Å². The largest absolute Gasteiger partial charge is 0.459 e. The Bertz CT molecular complexity index is 1490. The molecule has 220 valence electrons. The maximum absolute atomic E-state index is 13.3. The number of hydrogen-bond acceptors (Lipinski definition) is 8. The Balaban J connectivity index is 1.48. The molecule has 1 heterocycles. The van der Waals surface area contributed by atoms with Gasteiger partial charge in [-0.25, -0.2) is 18.0 Å². The van der Waals surface area contributed by atoms with Crippen molar-refractivity contribution in [1.82, 2.24) is 20.7 Å². The van der Waals surface area contributed by atoms with Crippen molar-refractivity contribution in [1.29, 1.82) is 0 Å². The lowest BCUT2D eigenvalue weighted by atomic mass is 10.1. The second-order valence-corrected chi connectivity index (χ2v) is 11.2. The van der Waals surface area contributed by atoms with Gasteiger partial charge in [0.05, 0.1) is 5.75 Å². The maximum atomic E-state index is 13.3. The van der Waals surface area contributed by atoms with E-state index in [9.17, 15) is 27.6 Å². The first kappa shape index (κ1) is 30.2. The maximum Gasteiger partial charge on any atom is 0.408 e. The first-order valence-electron chi connectivity index (χ1n) is 13.0. The van der Waals surface area contributed by atoms with Crippen molar-refractivity contribution in [2.45, 2.75) is 31.3 Å². The molecule has 0 radical (unpaired) electrons. The predicted molar refractivity (Wildman–Crippen MR) is 151 cm³/mol. The van der Waals surface area contributed by atoms with Crippen LogP contribution >= 0.6 is 0 Å². The van der Waals surface area contributed by atoms with Crippen LogP contribution in [0.3, 0.4) is 0 Å². The van der Waals surface area contributed by atoms with Gasteiger partial charge < -0.3 is 25.4 Å². The Kier molecular flexibility index (Phi) is 10.2. The molecular weight excluding hydrogens is 564 g/mol. The van der Waals surface area contributed by atoms with Gasteiger partial charge in [-0.2, -0.15) is 4.72 Å². The van der Waals surface area contributed by atoms with Gasteiger partial charge in [0.1, 0.15) is 31.3 Å². The summed E-state index contributed by atoms with van der Waals surface area (Å²) in [5, 5.41) is 7.27. The number of sulfonamides is 1. The number of rotatable bonds is 13. The first-order valence-corrected chi connectivity index (χ1v) is 14.7. The molecule has 0 bridgehead atoms. The van der Waals surface area contributed by atoms with Crippen LogP contribution in [0.1, 0.15) is 22.7 Å². The number of hydrogen-bond donors (Lipinski definition) is 4. The second-order valence-electron chi connectivity index (χ2n) is 9.40. The summed E-state index contributed by atoms with van der Waals surface area (Å²) in [6.45, 7) is -0.0689. The van der Waals surface area contributed by atoms with Crippen LogP contribution in [0.25, 0.3) is 0 Å². The van der Waals surface area contributed by atoms with E-state index in [2.05, 4.69) is 20.7 Å². The van der Waals surface area contributed by atoms with Crippen LogP contribution < -0.4 is 20.7 Å². The standard InChI is InChI=1S/C29H30N4O8S/c34-26-23(16-30-26)31-27(35)25(22-14-8-3-9-15-22)33-42(38,39)19-24(28(36)40-17-20-10-4-1-5-11-20)32-29(37)41-18-21-12-6-2-7-13-21/h1-15,23-25,33H,16-19H2,(H,30,34)(H,31,35)(H,32,37). The van der Waals surface area contributed by atoms with E-state index >= 15 is 0 Å². The Morgan fingerprint density at radius 2 is 1.38 bits per heavy atom. The highest BCUT2D eigenvalue weighted by molar-refractivity contribution is 7.89. The number of carbonyl (C=O) groups excluding carboxylic acids is 4. The van der Waals surface area contributed by atoms with Gasteiger partial charge in [-0.15, -0.1) is 0 Å². The number of amides is 3. The number of β-lactam (4-membered cyclic amide) rings is 1. The van der Waals surface area contributed by atoms with E-state index in [1.165, 1.54) is 0 Å². The fourth-order valence-electron chi connectivity index (χ4n) is 3.93. The quantitative estimate of drug-likeness (QED) is 0.170. The lowest BCUT2D eigenvalue weighted by Crippen LogP contribution is -2.63. The molecule has 42 heavy (non-hydrogen) atoms. The monoisotopic (exact) mass is 594 g/mol. The molecule has 3 unspecified atom stereocenters. The van der Waals surface area contributed by atoms with E-state index in [-0.39, 0.29) is 19.8 Å². The van der Waals surface area contributed by atoms with Crippen molar-refractivity contribution in [3.05, 3.63) is 108 Å². The molecule has 1 aliphatic heterocycles. The summed E-state index contributed by atoms with van der Waals surface area (Å²) in [5.74, 6) is -3.13. The van der Waals surface area contributed by atoms with Crippen LogP contribution in [0.2, 0.25) is 0 Å². The van der Waals surface area contributed by atoms with Gasteiger partial charge in [0.15, 0.2) is 0 Å². The number of ether oxygens (including phenoxy) is 2. The van der Waals surface area contributed by atoms with Crippen LogP contribution in [0.15, 0.2) is 91.0 Å². The molecule has 0 aromatic heterocycles. The highest BCUT2D eigenvalue weighted by Gasteiger charge is 2.36. The molecule has 0 spiro atoms. The summed E-state index contributed by atoms with van der Waals surface area (Å²) in [7, 11) is -4.43. The van der Waals surface area contributed by atoms with E-state index < -0.39 is 57.8 Å². The highest BCUT2D eigenvalue weighted by atomic mass is 32.2. The minimum atomic E-state index is -4.43. The molecule has 1 saturated heterocycles. The van der Waals surface area contributed by atoms with Crippen molar-refractivity contribution in [3.63, 3.8) is 0 Å². The topological polar surface area (TPSA) is 169 Å². The molecule has 0 aliphatic carbocycles. The van der Waals surface area contributed by atoms with E-state index in [0.717, 1.165) is 0 Å². The van der Waals surface area contributed by atoms with E-state index in [1.54, 1.807) is 91.0 Å². The van der Waals surface area contributed by atoms with Gasteiger partial charge in [-0.1, -0.05) is 91.0 Å². The third kappa shape index (κ3) is 8.88. The van der Waals surface area contributed by atoms with Crippen molar-refractivity contribution < 1.29 is 37.1 Å². The highest BCUT2D eigenvalue weighted by Crippen LogP contribution is 2.16. The Labute approximate surface area is 242 Å². The van der Waals surface area contributed by atoms with Crippen molar-refractivity contribution >= 4 is 33.9 Å². The summed E-state index contributed by atoms with van der Waals surface area (Å²) in [4.78, 5) is 50.3. The number of esters is 1. The smallest absolute Gasteiger partial charge is 0.408 e. The Morgan fingerprint density at radius 3 is 1.90 bits per heavy atom. The van der Waals surface area contributed by atoms with Gasteiger partial charge in [0, 0.05) is 6.54 Å². The zero-order valence-electron chi connectivity index (χ0n) is 22.4. The normalized spacial score (nSPS) is 15.7. The molecule has 3 amide bonds. The van der Waals surface area contributed by atoms with Crippen LogP contribution in [0.5, 0.6) is 0 Å². The van der Waals surface area contributed by atoms with Gasteiger partial charge in [0.2, 0.25) is 21.8 Å². The first-order chi connectivity index (χ1) is 20.2. The minimum absolute atomic E-state index is 0.117. The average Bonchev–Trinajstić information content (AvgIpc) is 3.00. The molecule has 4 N–H and O–H groups in total. The SMILES string of the molecule is O=C(NC(CS(=O)(=O)NC(C(=O)NC1CNC1=O)c1ccccc1)C(=O)OCc1ccccc1)OCc1ccccc1. The Hall–Kier alpha value is -4.75. The number of carbonyl (C=O) groups is 4. The van der Waals surface area contributed by atoms with Crippen molar-refractivity contribution in [2.75, 3.05) is 12.3 Å². The predicted octanol–water partition coefficient (Wildman–Crippen LogP) is 1.30. The molecule has 0 saturated carbocycles. The average molecular weight is 595 g/mol. The summed E-state index contributed by atoms with van der Waals surface area (Å²) in [6.07, 6.45) is -1.04. The fraction of sp³-hybridized carbons (Fsp3) is 0.241. The molecule has 3 aromatic carbocycles. The number of alkyl carbamates (subject to hydrolysis) is 1. The van der Waals surface area contributed by atoms with Gasteiger partial charge >= 0.3 is 12.1 Å². The minimum Gasteiger partial charge on any atom is -0.459 e. The molecule has 1 aliphatic rings. The van der Waals surface area contributed by atoms with E-state index in [4.69, 9.17) is 9.47 Å². The lowest BCUT2D eigenvalue weighted by molar-refractivity contribution is -0.146. The fourth-order valence-corrected chi connectivity index (χ4v) is 5.29. The summed E-state index contributed by atoms with van der Waals surface area (Å²) >= 11 is 0. The zero-order chi connectivity index (χ0) is 30.0. The van der Waals surface area contributed by atoms with E-state index in [0.29, 0.717) is 16.7 Å². The Morgan fingerprint density at radius 1 is 0.833 bits per heavy atom. The zero-order valence-corrected chi connectivity index (χ0v) is 23.2. The van der Waals surface area contributed by atoms with Gasteiger partial charge in [-0.3, -0.25) is 9.59 Å². The molecule has 1 fully saturated rings. The molecule has 13 heteroatoms. The molecule has 3 atom stereocenters. The third-order valence-corrected chi connectivity index (χ3v) is 7.57. The second kappa shape index (κ2) is 14.2. The lowest BCUT2D eigenvalue weighted by Gasteiger charge is -2.29. The van der Waals surface area contributed by atoms with Crippen LogP contribution in [0, 0.1) is 0 Å². The van der Waals surface area contributed by atoms with Crippen LogP contribution in [-0.2, 0) is 47.1 Å². The molecule has 3 aromatic rings. The number of benzene rings is 3. The number of nitrogens with one attached hydrogen (secondary N) is 4. The third-order valence-electron chi connectivity index (χ3n) is 6.21. The summed E-state index contributed by atoms with van der Waals surface area (Å²) in [6, 6.07) is 21.6. The molecule has 12 nitrogen and oxygen atoms in total. The summed E-state index contributed by atoms with van der Waals surface area (Å²) < 4.78 is 39.4. The van der Waals surface area contributed by atoms with Gasteiger partial charge in [-0.05, 0) is 16.7 Å².